The SMILES string of the molecule is COC12CC3C(C(C)C1=CC(=O)O2)C(OC(C)=O)C(O)C1(O)C(C)(C)CCCC31C. The maximum atomic E-state index is 12.2. The van der Waals surface area contributed by atoms with Crippen molar-refractivity contribution in [1.82, 2.24) is 0 Å². The molecule has 3 fully saturated rings. The first-order valence-corrected chi connectivity index (χ1v) is 10.9. The second-order valence-electron chi connectivity index (χ2n) is 10.6. The quantitative estimate of drug-likeness (QED) is 0.659. The fourth-order valence-corrected chi connectivity index (χ4v) is 7.55. The Labute approximate surface area is 177 Å². The van der Waals surface area contributed by atoms with Gasteiger partial charge in [0.15, 0.2) is 0 Å². The van der Waals surface area contributed by atoms with Gasteiger partial charge in [0.05, 0.1) is 0 Å². The highest BCUT2D eigenvalue weighted by Crippen LogP contribution is 2.68. The van der Waals surface area contributed by atoms with E-state index < -0.39 is 46.4 Å². The van der Waals surface area contributed by atoms with Crippen molar-refractivity contribution in [1.29, 1.82) is 0 Å². The topological polar surface area (TPSA) is 102 Å². The zero-order valence-corrected chi connectivity index (χ0v) is 18.7. The number of hydrogen-bond donors (Lipinski definition) is 2. The van der Waals surface area contributed by atoms with E-state index in [1.165, 1.54) is 20.1 Å². The summed E-state index contributed by atoms with van der Waals surface area (Å²) < 4.78 is 17.1. The summed E-state index contributed by atoms with van der Waals surface area (Å²) in [5, 5.41) is 23.8. The summed E-state index contributed by atoms with van der Waals surface area (Å²) in [5.74, 6) is -2.82. The summed E-state index contributed by atoms with van der Waals surface area (Å²) in [6.07, 6.45) is 2.09. The molecule has 0 radical (unpaired) electrons. The van der Waals surface area contributed by atoms with Crippen molar-refractivity contribution in [3.63, 3.8) is 0 Å². The summed E-state index contributed by atoms with van der Waals surface area (Å²) in [6, 6.07) is 0. The molecule has 4 rings (SSSR count). The number of hydrogen-bond acceptors (Lipinski definition) is 7. The van der Waals surface area contributed by atoms with Crippen molar-refractivity contribution in [3.8, 4) is 0 Å². The number of carbonyl (C=O) groups excluding carboxylic acids is 2. The van der Waals surface area contributed by atoms with Crippen molar-refractivity contribution >= 4 is 11.9 Å². The van der Waals surface area contributed by atoms with E-state index in [1.807, 2.05) is 27.7 Å². The molecule has 168 valence electrons. The third-order valence-corrected chi connectivity index (χ3v) is 8.97. The number of methoxy groups -OCH3 is 1. The second-order valence-corrected chi connectivity index (χ2v) is 10.6. The summed E-state index contributed by atoms with van der Waals surface area (Å²) in [7, 11) is 1.53. The van der Waals surface area contributed by atoms with Gasteiger partial charge >= 0.3 is 11.9 Å². The zero-order chi connectivity index (χ0) is 22.3. The number of ether oxygens (including phenoxy) is 3. The molecule has 0 aromatic heterocycles. The van der Waals surface area contributed by atoms with Gasteiger partial charge in [0.1, 0.15) is 17.8 Å². The molecule has 0 amide bonds. The summed E-state index contributed by atoms with van der Waals surface area (Å²) in [4.78, 5) is 24.2. The average Bonchev–Trinajstić information content (AvgIpc) is 3.00. The van der Waals surface area contributed by atoms with E-state index >= 15 is 0 Å². The molecule has 0 aromatic rings. The lowest BCUT2D eigenvalue weighted by Gasteiger charge is -2.69. The minimum absolute atomic E-state index is 0.187. The molecule has 0 saturated heterocycles. The van der Waals surface area contributed by atoms with Gasteiger partial charge in [0.2, 0.25) is 5.79 Å². The first-order valence-electron chi connectivity index (χ1n) is 10.9. The maximum absolute atomic E-state index is 12.2. The molecule has 7 nitrogen and oxygen atoms in total. The second kappa shape index (κ2) is 6.53. The summed E-state index contributed by atoms with van der Waals surface area (Å²) >= 11 is 0. The van der Waals surface area contributed by atoms with Crippen LogP contribution in [0, 0.1) is 28.6 Å². The van der Waals surface area contributed by atoms with E-state index in [9.17, 15) is 19.8 Å². The number of carbonyl (C=O) groups is 2. The van der Waals surface area contributed by atoms with Crippen LogP contribution >= 0.6 is 0 Å². The van der Waals surface area contributed by atoms with Crippen molar-refractivity contribution in [2.75, 3.05) is 7.11 Å². The highest BCUT2D eigenvalue weighted by Gasteiger charge is 2.74. The predicted molar refractivity (Wildman–Crippen MR) is 107 cm³/mol. The molecule has 8 unspecified atom stereocenters. The first kappa shape index (κ1) is 21.8. The molecule has 3 aliphatic carbocycles. The smallest absolute Gasteiger partial charge is 0.333 e. The molecule has 8 atom stereocenters. The van der Waals surface area contributed by atoms with Crippen molar-refractivity contribution in [3.05, 3.63) is 11.6 Å². The van der Waals surface area contributed by atoms with E-state index in [-0.39, 0.29) is 17.8 Å². The molecule has 1 heterocycles. The average molecular weight is 423 g/mol. The van der Waals surface area contributed by atoms with E-state index in [4.69, 9.17) is 14.2 Å². The Morgan fingerprint density at radius 1 is 1.27 bits per heavy atom. The fraction of sp³-hybridized carbons (Fsp3) is 0.826. The van der Waals surface area contributed by atoms with Crippen LogP contribution in [-0.2, 0) is 23.8 Å². The van der Waals surface area contributed by atoms with Crippen LogP contribution in [0.2, 0.25) is 0 Å². The molecule has 4 aliphatic rings. The first-order chi connectivity index (χ1) is 13.8. The lowest BCUT2D eigenvalue weighted by molar-refractivity contribution is -0.332. The Bertz CT molecular complexity index is 803. The third kappa shape index (κ3) is 2.49. The van der Waals surface area contributed by atoms with Crippen LogP contribution in [0.3, 0.4) is 0 Å². The maximum Gasteiger partial charge on any atom is 0.333 e. The van der Waals surface area contributed by atoms with Crippen LogP contribution in [-0.4, -0.2) is 52.9 Å². The standard InChI is InChI=1S/C23H34O7/c1-12-14-10-16(25)30-22(14,28-6)11-15-17(12)18(29-13(2)24)19(26)23(27)20(3,4)8-7-9-21(15,23)5/h10,12,15,17-19,26-27H,7-9,11H2,1-6H3. The lowest BCUT2D eigenvalue weighted by Crippen LogP contribution is -2.77. The van der Waals surface area contributed by atoms with Crippen LogP contribution in [0.15, 0.2) is 11.6 Å². The van der Waals surface area contributed by atoms with Crippen molar-refractivity contribution in [2.45, 2.75) is 83.9 Å². The molecule has 0 spiro atoms. The van der Waals surface area contributed by atoms with E-state index in [2.05, 4.69) is 0 Å². The number of fused-ring (bicyclic) bond motifs is 4. The van der Waals surface area contributed by atoms with Gasteiger partial charge in [-0.15, -0.1) is 0 Å². The van der Waals surface area contributed by atoms with Crippen LogP contribution < -0.4 is 0 Å². The van der Waals surface area contributed by atoms with Gasteiger partial charge in [-0.25, -0.2) is 4.79 Å². The fourth-order valence-electron chi connectivity index (χ4n) is 7.55. The lowest BCUT2D eigenvalue weighted by atomic mass is 9.39. The Hall–Kier alpha value is -1.44. The van der Waals surface area contributed by atoms with Crippen molar-refractivity contribution < 1.29 is 34.0 Å². The predicted octanol–water partition coefficient (Wildman–Crippen LogP) is 2.34. The number of rotatable bonds is 2. The molecule has 7 heteroatoms. The molecular formula is C23H34O7. The van der Waals surface area contributed by atoms with Crippen LogP contribution in [0.5, 0.6) is 0 Å². The highest BCUT2D eigenvalue weighted by atomic mass is 16.7. The van der Waals surface area contributed by atoms with Gasteiger partial charge in [-0.05, 0) is 30.1 Å². The van der Waals surface area contributed by atoms with Crippen LogP contribution in [0.1, 0.15) is 60.3 Å². The molecule has 2 N–H and O–H groups in total. The van der Waals surface area contributed by atoms with Gasteiger partial charge < -0.3 is 24.4 Å². The third-order valence-electron chi connectivity index (χ3n) is 8.97. The molecule has 0 aromatic carbocycles. The van der Waals surface area contributed by atoms with E-state index in [1.54, 1.807) is 0 Å². The Morgan fingerprint density at radius 2 is 1.93 bits per heavy atom. The van der Waals surface area contributed by atoms with Crippen LogP contribution in [0.4, 0.5) is 0 Å². The number of aliphatic hydroxyl groups is 2. The van der Waals surface area contributed by atoms with Gasteiger partial charge in [0.25, 0.3) is 0 Å². The Balaban J connectivity index is 1.91. The Kier molecular flexibility index (Phi) is 4.74. The van der Waals surface area contributed by atoms with Gasteiger partial charge in [-0.3, -0.25) is 4.79 Å². The molecule has 0 bridgehead atoms. The molecule has 1 aliphatic heterocycles. The van der Waals surface area contributed by atoms with Crippen LogP contribution in [0.25, 0.3) is 0 Å². The van der Waals surface area contributed by atoms with Gasteiger partial charge in [0, 0.05) is 43.4 Å². The minimum Gasteiger partial charge on any atom is -0.459 e. The molecular weight excluding hydrogens is 388 g/mol. The Morgan fingerprint density at radius 3 is 2.53 bits per heavy atom. The summed E-state index contributed by atoms with van der Waals surface area (Å²) in [6.45, 7) is 9.25. The number of aliphatic hydroxyl groups excluding tert-OH is 1. The largest absolute Gasteiger partial charge is 0.459 e. The van der Waals surface area contributed by atoms with E-state index in [0.29, 0.717) is 12.0 Å². The van der Waals surface area contributed by atoms with E-state index in [0.717, 1.165) is 19.3 Å². The van der Waals surface area contributed by atoms with Gasteiger partial charge in [-0.1, -0.05) is 34.1 Å². The monoisotopic (exact) mass is 422 g/mol. The van der Waals surface area contributed by atoms with Gasteiger partial charge in [-0.2, -0.15) is 0 Å². The minimum atomic E-state index is -1.47. The summed E-state index contributed by atoms with van der Waals surface area (Å²) in [5.41, 5.74) is -2.02. The number of esters is 2. The normalized spacial score (nSPS) is 49.3. The highest BCUT2D eigenvalue weighted by molar-refractivity contribution is 5.86. The zero-order valence-electron chi connectivity index (χ0n) is 18.7. The molecule has 30 heavy (non-hydrogen) atoms. The molecule has 3 saturated carbocycles. The van der Waals surface area contributed by atoms with Crippen molar-refractivity contribution in [2.24, 2.45) is 28.6 Å².